The summed E-state index contributed by atoms with van der Waals surface area (Å²) in [6.45, 7) is 3.49. The van der Waals surface area contributed by atoms with E-state index in [1.807, 2.05) is 6.92 Å². The van der Waals surface area contributed by atoms with Gasteiger partial charge in [-0.05, 0) is 41.4 Å². The summed E-state index contributed by atoms with van der Waals surface area (Å²) in [7, 11) is 0. The Hall–Kier alpha value is -1.10. The van der Waals surface area contributed by atoms with E-state index in [0.29, 0.717) is 5.82 Å². The fourth-order valence-electron chi connectivity index (χ4n) is 0.902. The topological polar surface area (TPSA) is 62.2 Å². The number of carbonyl (C=O) groups is 1. The molecule has 0 fully saturated rings. The van der Waals surface area contributed by atoms with E-state index in [-0.39, 0.29) is 0 Å². The smallest absolute Gasteiger partial charge is 0.325 e. The highest BCUT2D eigenvalue weighted by Crippen LogP contribution is 2.17. The van der Waals surface area contributed by atoms with E-state index in [0.717, 1.165) is 10.0 Å². The average Bonchev–Trinajstić information content (AvgIpc) is 2.11. The van der Waals surface area contributed by atoms with Gasteiger partial charge in [0.25, 0.3) is 0 Å². The summed E-state index contributed by atoms with van der Waals surface area (Å²) in [5.74, 6) is -0.326. The fourth-order valence-corrected chi connectivity index (χ4v) is 1.12. The number of hydrogen-bond donors (Lipinski definition) is 2. The quantitative estimate of drug-likeness (QED) is 0.871. The van der Waals surface area contributed by atoms with Gasteiger partial charge in [-0.15, -0.1) is 0 Å². The van der Waals surface area contributed by atoms with E-state index >= 15 is 0 Å². The first kappa shape index (κ1) is 11.0. The first-order valence-corrected chi connectivity index (χ1v) is 4.91. The lowest BCUT2D eigenvalue weighted by Gasteiger charge is -2.10. The van der Waals surface area contributed by atoms with Crippen LogP contribution in [0.2, 0.25) is 0 Å². The van der Waals surface area contributed by atoms with Crippen LogP contribution in [0.1, 0.15) is 12.5 Å². The molecule has 1 rings (SSSR count). The molecule has 4 nitrogen and oxygen atoms in total. The Bertz CT molecular complexity index is 355. The monoisotopic (exact) mass is 258 g/mol. The van der Waals surface area contributed by atoms with Crippen molar-refractivity contribution in [2.75, 3.05) is 5.32 Å². The third-order valence-electron chi connectivity index (χ3n) is 1.78. The summed E-state index contributed by atoms with van der Waals surface area (Å²) < 4.78 is 0.908. The Morgan fingerprint density at radius 2 is 2.36 bits per heavy atom. The van der Waals surface area contributed by atoms with Crippen LogP contribution >= 0.6 is 15.9 Å². The molecule has 0 aromatic carbocycles. The lowest BCUT2D eigenvalue weighted by atomic mass is 10.3. The Labute approximate surface area is 90.5 Å². The second-order valence-electron chi connectivity index (χ2n) is 3.02. The van der Waals surface area contributed by atoms with Crippen molar-refractivity contribution in [3.63, 3.8) is 0 Å². The third-order valence-corrected chi connectivity index (χ3v) is 2.61. The first-order valence-electron chi connectivity index (χ1n) is 4.12. The minimum Gasteiger partial charge on any atom is -0.480 e. The number of aliphatic carboxylic acids is 1. The Balaban J connectivity index is 2.78. The summed E-state index contributed by atoms with van der Waals surface area (Å²) in [6, 6.07) is 1.16. The van der Waals surface area contributed by atoms with Gasteiger partial charge in [0.15, 0.2) is 0 Å². The second kappa shape index (κ2) is 4.41. The molecule has 2 N–H and O–H groups in total. The third kappa shape index (κ3) is 2.70. The SMILES string of the molecule is Cc1cc(NC(C)C(=O)O)ncc1Br. The Morgan fingerprint density at radius 3 is 2.86 bits per heavy atom. The number of pyridine rings is 1. The van der Waals surface area contributed by atoms with Gasteiger partial charge in [-0.3, -0.25) is 4.79 Å². The first-order chi connectivity index (χ1) is 6.50. The van der Waals surface area contributed by atoms with Crippen LogP contribution in [0, 0.1) is 6.92 Å². The van der Waals surface area contributed by atoms with Gasteiger partial charge in [-0.2, -0.15) is 0 Å². The summed E-state index contributed by atoms with van der Waals surface area (Å²) in [4.78, 5) is 14.6. The number of anilines is 1. The maximum absolute atomic E-state index is 10.6. The number of nitrogens with zero attached hydrogens (tertiary/aromatic N) is 1. The lowest BCUT2D eigenvalue weighted by molar-refractivity contribution is -0.137. The number of halogens is 1. The van der Waals surface area contributed by atoms with Crippen molar-refractivity contribution in [2.45, 2.75) is 19.9 Å². The fraction of sp³-hybridized carbons (Fsp3) is 0.333. The van der Waals surface area contributed by atoms with Crippen LogP contribution in [0.4, 0.5) is 5.82 Å². The highest BCUT2D eigenvalue weighted by Gasteiger charge is 2.10. The summed E-state index contributed by atoms with van der Waals surface area (Å²) in [5.41, 5.74) is 1.01. The van der Waals surface area contributed by atoms with E-state index < -0.39 is 12.0 Å². The number of aromatic nitrogens is 1. The molecule has 1 aromatic rings. The molecule has 0 aliphatic rings. The molecule has 1 aromatic heterocycles. The van der Waals surface area contributed by atoms with Crippen LogP contribution in [0.3, 0.4) is 0 Å². The number of hydrogen-bond acceptors (Lipinski definition) is 3. The van der Waals surface area contributed by atoms with E-state index in [9.17, 15) is 4.79 Å². The number of carboxylic acids is 1. The molecule has 0 aliphatic carbocycles. The van der Waals surface area contributed by atoms with Crippen LogP contribution < -0.4 is 5.32 Å². The zero-order valence-corrected chi connectivity index (χ0v) is 9.50. The maximum Gasteiger partial charge on any atom is 0.325 e. The zero-order valence-electron chi connectivity index (χ0n) is 7.91. The van der Waals surface area contributed by atoms with Crippen LogP contribution in [-0.2, 0) is 4.79 Å². The van der Waals surface area contributed by atoms with Crippen molar-refractivity contribution < 1.29 is 9.90 Å². The van der Waals surface area contributed by atoms with Crippen molar-refractivity contribution in [3.05, 3.63) is 22.3 Å². The van der Waals surface area contributed by atoms with Crippen LogP contribution in [-0.4, -0.2) is 22.1 Å². The van der Waals surface area contributed by atoms with Crippen LogP contribution in [0.5, 0.6) is 0 Å². The van der Waals surface area contributed by atoms with E-state index in [4.69, 9.17) is 5.11 Å². The molecule has 0 radical (unpaired) electrons. The van der Waals surface area contributed by atoms with Gasteiger partial charge in [-0.1, -0.05) is 0 Å². The number of rotatable bonds is 3. The van der Waals surface area contributed by atoms with E-state index in [1.54, 1.807) is 19.2 Å². The van der Waals surface area contributed by atoms with E-state index in [1.165, 1.54) is 0 Å². The highest BCUT2D eigenvalue weighted by atomic mass is 79.9. The number of nitrogens with one attached hydrogen (secondary N) is 1. The van der Waals surface area contributed by atoms with Gasteiger partial charge >= 0.3 is 5.97 Å². The van der Waals surface area contributed by atoms with Gasteiger partial charge in [0, 0.05) is 10.7 Å². The number of aryl methyl sites for hydroxylation is 1. The van der Waals surface area contributed by atoms with Gasteiger partial charge in [0.2, 0.25) is 0 Å². The molecule has 0 spiro atoms. The molecule has 14 heavy (non-hydrogen) atoms. The predicted octanol–water partition coefficient (Wildman–Crippen LogP) is 2.04. The summed E-state index contributed by atoms with van der Waals surface area (Å²) >= 11 is 3.32. The predicted molar refractivity (Wildman–Crippen MR) is 57.4 cm³/mol. The normalized spacial score (nSPS) is 12.2. The standard InChI is InChI=1S/C9H11BrN2O2/c1-5-3-8(11-4-7(5)10)12-6(2)9(13)14/h3-4,6H,1-2H3,(H,11,12)(H,13,14). The molecule has 1 atom stereocenters. The van der Waals surface area contributed by atoms with Gasteiger partial charge in [0.05, 0.1) is 0 Å². The molecule has 76 valence electrons. The highest BCUT2D eigenvalue weighted by molar-refractivity contribution is 9.10. The molecule has 1 unspecified atom stereocenters. The molecule has 0 saturated carbocycles. The minimum atomic E-state index is -0.896. The van der Waals surface area contributed by atoms with Gasteiger partial charge in [-0.25, -0.2) is 4.98 Å². The van der Waals surface area contributed by atoms with Crippen molar-refractivity contribution in [2.24, 2.45) is 0 Å². The zero-order chi connectivity index (χ0) is 10.7. The van der Waals surface area contributed by atoms with Crippen LogP contribution in [0.25, 0.3) is 0 Å². The van der Waals surface area contributed by atoms with Gasteiger partial charge in [0.1, 0.15) is 11.9 Å². The minimum absolute atomic E-state index is 0.570. The summed E-state index contributed by atoms with van der Waals surface area (Å²) in [5, 5.41) is 11.4. The molecular formula is C9H11BrN2O2. The maximum atomic E-state index is 10.6. The van der Waals surface area contributed by atoms with Crippen molar-refractivity contribution in [3.8, 4) is 0 Å². The van der Waals surface area contributed by atoms with Crippen molar-refractivity contribution in [1.29, 1.82) is 0 Å². The molecule has 0 amide bonds. The molecule has 0 aliphatic heterocycles. The van der Waals surface area contributed by atoms with E-state index in [2.05, 4.69) is 26.2 Å². The lowest BCUT2D eigenvalue weighted by Crippen LogP contribution is -2.25. The van der Waals surface area contributed by atoms with Crippen molar-refractivity contribution in [1.82, 2.24) is 4.98 Å². The molecular weight excluding hydrogens is 248 g/mol. The number of carboxylic acid groups (broad SMARTS) is 1. The van der Waals surface area contributed by atoms with Gasteiger partial charge < -0.3 is 10.4 Å². The molecule has 5 heteroatoms. The average molecular weight is 259 g/mol. The molecule has 0 bridgehead atoms. The largest absolute Gasteiger partial charge is 0.480 e. The Morgan fingerprint density at radius 1 is 1.71 bits per heavy atom. The second-order valence-corrected chi connectivity index (χ2v) is 3.88. The molecule has 0 saturated heterocycles. The summed E-state index contributed by atoms with van der Waals surface area (Å²) in [6.07, 6.45) is 1.65. The van der Waals surface area contributed by atoms with Crippen molar-refractivity contribution >= 4 is 27.7 Å². The Kier molecular flexibility index (Phi) is 3.46. The molecule has 1 heterocycles. The van der Waals surface area contributed by atoms with Crippen LogP contribution in [0.15, 0.2) is 16.7 Å².